The minimum atomic E-state index is -0.724. The smallest absolute Gasteiger partial charge is 0.141 e. The molecule has 0 aliphatic carbocycles. The van der Waals surface area contributed by atoms with Gasteiger partial charge in [0, 0.05) is 27.5 Å². The third kappa shape index (κ3) is 2.66. The van der Waals surface area contributed by atoms with E-state index < -0.39 is 11.9 Å². The van der Waals surface area contributed by atoms with E-state index in [0.29, 0.717) is 12.0 Å². The minimum Gasteiger partial charge on any atom is -0.388 e. The Kier molecular flexibility index (Phi) is 3.68. The maximum absolute atomic E-state index is 12.9. The normalized spacial score (nSPS) is 12.7. The van der Waals surface area contributed by atoms with E-state index in [9.17, 15) is 9.50 Å². The van der Waals surface area contributed by atoms with E-state index >= 15 is 0 Å². The van der Waals surface area contributed by atoms with Crippen LogP contribution in [-0.2, 0) is 6.42 Å². The molecule has 0 fully saturated rings. The van der Waals surface area contributed by atoms with Gasteiger partial charge in [-0.1, -0.05) is 0 Å². The molecule has 1 N–H and O–H groups in total. The van der Waals surface area contributed by atoms with Gasteiger partial charge in [-0.2, -0.15) is 0 Å². The fourth-order valence-corrected chi connectivity index (χ4v) is 2.93. The molecule has 1 atom stereocenters. The number of pyridine rings is 1. The van der Waals surface area contributed by atoms with Gasteiger partial charge in [0.2, 0.25) is 0 Å². The van der Waals surface area contributed by atoms with Crippen LogP contribution >= 0.6 is 27.3 Å². The molecular weight excluding hydrogens is 293 g/mol. The highest BCUT2D eigenvalue weighted by atomic mass is 79.9. The van der Waals surface area contributed by atoms with Crippen LogP contribution in [0.4, 0.5) is 4.39 Å². The van der Waals surface area contributed by atoms with Crippen LogP contribution in [0.25, 0.3) is 0 Å². The summed E-state index contributed by atoms with van der Waals surface area (Å²) in [5.41, 5.74) is 0.500. The van der Waals surface area contributed by atoms with E-state index in [4.69, 9.17) is 0 Å². The second-order valence-electron chi connectivity index (χ2n) is 3.35. The first-order chi connectivity index (χ1) is 7.66. The number of aliphatic hydroxyl groups excluding tert-OH is 1. The molecular formula is C11H9BrFNOS. The summed E-state index contributed by atoms with van der Waals surface area (Å²) in [4.78, 5) is 4.75. The van der Waals surface area contributed by atoms with E-state index in [-0.39, 0.29) is 0 Å². The van der Waals surface area contributed by atoms with Gasteiger partial charge in [-0.3, -0.25) is 4.98 Å². The number of hydrogen-bond acceptors (Lipinski definition) is 3. The van der Waals surface area contributed by atoms with E-state index in [2.05, 4.69) is 20.9 Å². The highest BCUT2D eigenvalue weighted by molar-refractivity contribution is 9.10. The van der Waals surface area contributed by atoms with Crippen molar-refractivity contribution in [3.8, 4) is 0 Å². The van der Waals surface area contributed by atoms with Crippen LogP contribution in [0.15, 0.2) is 34.4 Å². The quantitative estimate of drug-likeness (QED) is 0.943. The van der Waals surface area contributed by atoms with Crippen molar-refractivity contribution < 1.29 is 9.50 Å². The lowest BCUT2D eigenvalue weighted by atomic mass is 10.1. The zero-order valence-corrected chi connectivity index (χ0v) is 10.6. The van der Waals surface area contributed by atoms with Crippen molar-refractivity contribution >= 4 is 27.3 Å². The van der Waals surface area contributed by atoms with Crippen LogP contribution in [-0.4, -0.2) is 10.1 Å². The van der Waals surface area contributed by atoms with Crippen LogP contribution in [0, 0.1) is 5.82 Å². The number of thiophene rings is 1. The van der Waals surface area contributed by atoms with Crippen LogP contribution in [0.1, 0.15) is 16.5 Å². The third-order valence-electron chi connectivity index (χ3n) is 2.18. The maximum Gasteiger partial charge on any atom is 0.141 e. The standard InChI is InChI=1S/C11H9BrFNOS/c12-9-1-2-16-11(9)4-10(15)7-3-8(13)6-14-5-7/h1-3,5-6,10,15H,4H2. The van der Waals surface area contributed by atoms with Crippen molar-refractivity contribution in [3.05, 3.63) is 50.6 Å². The summed E-state index contributed by atoms with van der Waals surface area (Å²) in [7, 11) is 0. The molecule has 0 aliphatic rings. The van der Waals surface area contributed by atoms with Crippen molar-refractivity contribution in [1.82, 2.24) is 4.98 Å². The average Bonchev–Trinajstić information content (AvgIpc) is 2.64. The number of aliphatic hydroxyl groups is 1. The summed E-state index contributed by atoms with van der Waals surface area (Å²) in [5, 5.41) is 11.9. The highest BCUT2D eigenvalue weighted by Gasteiger charge is 2.12. The summed E-state index contributed by atoms with van der Waals surface area (Å²) >= 11 is 4.95. The molecule has 0 saturated carbocycles. The Morgan fingerprint density at radius 1 is 1.50 bits per heavy atom. The second kappa shape index (κ2) is 5.03. The van der Waals surface area contributed by atoms with Gasteiger partial charge in [0.25, 0.3) is 0 Å². The Hall–Kier alpha value is -0.780. The molecule has 84 valence electrons. The Bertz CT molecular complexity index is 488. The van der Waals surface area contributed by atoms with E-state index in [1.54, 1.807) is 11.3 Å². The molecule has 0 spiro atoms. The van der Waals surface area contributed by atoms with Crippen molar-refractivity contribution in [2.45, 2.75) is 12.5 Å². The molecule has 5 heteroatoms. The summed E-state index contributed by atoms with van der Waals surface area (Å²) in [5.74, 6) is -0.429. The molecule has 0 aromatic carbocycles. The van der Waals surface area contributed by atoms with Crippen molar-refractivity contribution in [2.24, 2.45) is 0 Å². The van der Waals surface area contributed by atoms with E-state index in [1.807, 2.05) is 11.4 Å². The number of aromatic nitrogens is 1. The SMILES string of the molecule is OC(Cc1sccc1Br)c1cncc(F)c1. The topological polar surface area (TPSA) is 33.1 Å². The predicted octanol–water partition coefficient (Wildman–Crippen LogP) is 3.32. The van der Waals surface area contributed by atoms with Crippen molar-refractivity contribution in [2.75, 3.05) is 0 Å². The first-order valence-corrected chi connectivity index (χ1v) is 6.34. The summed E-state index contributed by atoms with van der Waals surface area (Å²) in [6.07, 6.45) is 2.34. The summed E-state index contributed by atoms with van der Waals surface area (Å²) < 4.78 is 13.9. The summed E-state index contributed by atoms with van der Waals surface area (Å²) in [6, 6.07) is 3.23. The lowest BCUT2D eigenvalue weighted by Gasteiger charge is -2.09. The first kappa shape index (κ1) is 11.7. The van der Waals surface area contributed by atoms with Gasteiger partial charge in [-0.15, -0.1) is 11.3 Å². The van der Waals surface area contributed by atoms with Crippen molar-refractivity contribution in [3.63, 3.8) is 0 Å². The van der Waals surface area contributed by atoms with Crippen molar-refractivity contribution in [1.29, 1.82) is 0 Å². The van der Waals surface area contributed by atoms with Gasteiger partial charge in [-0.05, 0) is 33.4 Å². The number of rotatable bonds is 3. The predicted molar refractivity (Wildman–Crippen MR) is 64.9 cm³/mol. The number of halogens is 2. The van der Waals surface area contributed by atoms with Gasteiger partial charge in [0.1, 0.15) is 5.82 Å². The Morgan fingerprint density at radius 3 is 2.94 bits per heavy atom. The molecule has 2 aromatic rings. The van der Waals surface area contributed by atoms with Gasteiger partial charge < -0.3 is 5.11 Å². The maximum atomic E-state index is 12.9. The van der Waals surface area contributed by atoms with Gasteiger partial charge in [0.05, 0.1) is 12.3 Å². The van der Waals surface area contributed by atoms with Gasteiger partial charge in [0.15, 0.2) is 0 Å². The second-order valence-corrected chi connectivity index (χ2v) is 5.20. The molecule has 2 nitrogen and oxygen atoms in total. The van der Waals surface area contributed by atoms with Gasteiger partial charge in [-0.25, -0.2) is 4.39 Å². The molecule has 16 heavy (non-hydrogen) atoms. The molecule has 2 rings (SSSR count). The molecule has 0 aliphatic heterocycles. The van der Waals surface area contributed by atoms with Gasteiger partial charge >= 0.3 is 0 Å². The third-order valence-corrected chi connectivity index (χ3v) is 4.13. The zero-order valence-electron chi connectivity index (χ0n) is 8.23. The van der Waals surface area contributed by atoms with Crippen LogP contribution in [0.3, 0.4) is 0 Å². The minimum absolute atomic E-state index is 0.429. The average molecular weight is 302 g/mol. The molecule has 2 heterocycles. The molecule has 2 aromatic heterocycles. The monoisotopic (exact) mass is 301 g/mol. The lowest BCUT2D eigenvalue weighted by molar-refractivity contribution is 0.178. The van der Waals surface area contributed by atoms with E-state index in [1.165, 1.54) is 12.3 Å². The highest BCUT2D eigenvalue weighted by Crippen LogP contribution is 2.28. The Morgan fingerprint density at radius 2 is 2.31 bits per heavy atom. The van der Waals surface area contributed by atoms with E-state index in [0.717, 1.165) is 15.5 Å². The zero-order chi connectivity index (χ0) is 11.5. The largest absolute Gasteiger partial charge is 0.388 e. The fourth-order valence-electron chi connectivity index (χ4n) is 1.37. The Balaban J connectivity index is 2.14. The molecule has 1 unspecified atom stereocenters. The molecule has 0 radical (unpaired) electrons. The number of nitrogens with zero attached hydrogens (tertiary/aromatic N) is 1. The summed E-state index contributed by atoms with van der Waals surface area (Å²) in [6.45, 7) is 0. The molecule has 0 amide bonds. The van der Waals surface area contributed by atoms with Crippen LogP contribution < -0.4 is 0 Å². The molecule has 0 bridgehead atoms. The Labute approximate surface area is 105 Å². The molecule has 0 saturated heterocycles. The van der Waals surface area contributed by atoms with Crippen LogP contribution in [0.5, 0.6) is 0 Å². The first-order valence-electron chi connectivity index (χ1n) is 4.67. The lowest BCUT2D eigenvalue weighted by Crippen LogP contribution is -2.02. The number of hydrogen-bond donors (Lipinski definition) is 1. The van der Waals surface area contributed by atoms with Crippen LogP contribution in [0.2, 0.25) is 0 Å². The fraction of sp³-hybridized carbons (Fsp3) is 0.182.